The summed E-state index contributed by atoms with van der Waals surface area (Å²) < 4.78 is 0. The van der Waals surface area contributed by atoms with E-state index in [1.165, 1.54) is 5.75 Å². The first-order valence-electron chi connectivity index (χ1n) is 3.65. The molecule has 0 spiro atoms. The highest BCUT2D eigenvalue weighted by Crippen LogP contribution is 2.13. The Balaban J connectivity index is 2.41. The fourth-order valence-corrected chi connectivity index (χ4v) is 2.24. The van der Waals surface area contributed by atoms with E-state index in [0.29, 0.717) is 0 Å². The van der Waals surface area contributed by atoms with Gasteiger partial charge in [-0.3, -0.25) is 4.90 Å². The lowest BCUT2D eigenvalue weighted by atomic mass is 10.3. The normalized spacial score (nSPS) is 28.3. The molecule has 0 saturated carbocycles. The smallest absolute Gasteiger partial charge is 0.137 e. The van der Waals surface area contributed by atoms with Crippen LogP contribution in [0.25, 0.3) is 0 Å². The zero-order chi connectivity index (χ0) is 7.40. The molecule has 58 valence electrons. The van der Waals surface area contributed by atoms with Crippen LogP contribution in [0.15, 0.2) is 0 Å². The molecule has 1 aliphatic heterocycles. The third-order valence-corrected chi connectivity index (χ3v) is 2.89. The number of nitrogens with zero attached hydrogens (tertiary/aromatic N) is 1. The molecular formula is C7H13NOS. The molecule has 1 fully saturated rings. The highest BCUT2D eigenvalue weighted by Gasteiger charge is 2.19. The third kappa shape index (κ3) is 1.73. The third-order valence-electron chi connectivity index (χ3n) is 1.84. The summed E-state index contributed by atoms with van der Waals surface area (Å²) in [6, 6.07) is 0.184. The Morgan fingerprint density at radius 1 is 1.80 bits per heavy atom. The minimum absolute atomic E-state index is 0.184. The van der Waals surface area contributed by atoms with Gasteiger partial charge in [-0.1, -0.05) is 6.92 Å². The molecule has 0 aromatic carbocycles. The first-order chi connectivity index (χ1) is 4.88. The maximum Gasteiger partial charge on any atom is 0.137 e. The Morgan fingerprint density at radius 2 is 2.60 bits per heavy atom. The van der Waals surface area contributed by atoms with Crippen molar-refractivity contribution in [1.82, 2.24) is 4.90 Å². The van der Waals surface area contributed by atoms with Gasteiger partial charge >= 0.3 is 0 Å². The van der Waals surface area contributed by atoms with Gasteiger partial charge in [-0.2, -0.15) is 11.8 Å². The Kier molecular flexibility index (Phi) is 3.22. The number of rotatable bonds is 2. The van der Waals surface area contributed by atoms with E-state index in [0.717, 1.165) is 25.1 Å². The fraction of sp³-hybridized carbons (Fsp3) is 0.857. The van der Waals surface area contributed by atoms with Gasteiger partial charge in [0, 0.05) is 18.1 Å². The van der Waals surface area contributed by atoms with Crippen molar-refractivity contribution in [3.05, 3.63) is 0 Å². The molecule has 1 saturated heterocycles. The van der Waals surface area contributed by atoms with Crippen molar-refractivity contribution >= 4 is 18.0 Å². The van der Waals surface area contributed by atoms with Gasteiger partial charge in [-0.05, 0) is 6.54 Å². The molecule has 1 aliphatic rings. The van der Waals surface area contributed by atoms with Crippen LogP contribution in [-0.4, -0.2) is 41.8 Å². The van der Waals surface area contributed by atoms with E-state index in [4.69, 9.17) is 0 Å². The molecule has 0 N–H and O–H groups in total. The summed E-state index contributed by atoms with van der Waals surface area (Å²) in [6.45, 7) is 4.18. The van der Waals surface area contributed by atoms with E-state index >= 15 is 0 Å². The first kappa shape index (κ1) is 8.08. The quantitative estimate of drug-likeness (QED) is 0.551. The number of carbonyl (C=O) groups is 1. The molecule has 1 rings (SSSR count). The molecular weight excluding hydrogens is 146 g/mol. The number of hydrogen-bond acceptors (Lipinski definition) is 3. The lowest BCUT2D eigenvalue weighted by Crippen LogP contribution is -2.42. The van der Waals surface area contributed by atoms with Crippen LogP contribution in [0, 0.1) is 0 Å². The van der Waals surface area contributed by atoms with Gasteiger partial charge in [0.1, 0.15) is 6.29 Å². The second kappa shape index (κ2) is 3.98. The van der Waals surface area contributed by atoms with Crippen LogP contribution in [0.1, 0.15) is 6.92 Å². The minimum Gasteiger partial charge on any atom is -0.302 e. The number of carbonyl (C=O) groups excluding carboxylic acids is 1. The van der Waals surface area contributed by atoms with Crippen LogP contribution in [-0.2, 0) is 4.79 Å². The van der Waals surface area contributed by atoms with Crippen LogP contribution in [0.4, 0.5) is 0 Å². The van der Waals surface area contributed by atoms with Crippen LogP contribution < -0.4 is 0 Å². The second-order valence-corrected chi connectivity index (χ2v) is 3.56. The number of hydrogen-bond donors (Lipinski definition) is 0. The molecule has 10 heavy (non-hydrogen) atoms. The zero-order valence-electron chi connectivity index (χ0n) is 6.25. The van der Waals surface area contributed by atoms with Gasteiger partial charge in [0.25, 0.3) is 0 Å². The van der Waals surface area contributed by atoms with Crippen molar-refractivity contribution in [3.8, 4) is 0 Å². The lowest BCUT2D eigenvalue weighted by Gasteiger charge is -2.30. The first-order valence-corrected chi connectivity index (χ1v) is 4.81. The Morgan fingerprint density at radius 3 is 3.10 bits per heavy atom. The SMILES string of the molecule is CCN1CCSCC1C=O. The van der Waals surface area contributed by atoms with Gasteiger partial charge in [0.05, 0.1) is 6.04 Å². The Bertz CT molecular complexity index is 118. The van der Waals surface area contributed by atoms with Crippen LogP contribution in [0.2, 0.25) is 0 Å². The summed E-state index contributed by atoms with van der Waals surface area (Å²) in [5, 5.41) is 0. The molecule has 1 heterocycles. The van der Waals surface area contributed by atoms with Gasteiger partial charge in [-0.25, -0.2) is 0 Å². The molecule has 3 heteroatoms. The van der Waals surface area contributed by atoms with E-state index < -0.39 is 0 Å². The zero-order valence-corrected chi connectivity index (χ0v) is 7.06. The monoisotopic (exact) mass is 159 g/mol. The van der Waals surface area contributed by atoms with Crippen molar-refractivity contribution < 1.29 is 4.79 Å². The maximum absolute atomic E-state index is 10.5. The van der Waals surface area contributed by atoms with Crippen molar-refractivity contribution in [3.63, 3.8) is 0 Å². The van der Waals surface area contributed by atoms with Gasteiger partial charge < -0.3 is 4.79 Å². The van der Waals surface area contributed by atoms with Crippen LogP contribution >= 0.6 is 11.8 Å². The average Bonchev–Trinajstić information content (AvgIpc) is 2.04. The summed E-state index contributed by atoms with van der Waals surface area (Å²) in [4.78, 5) is 12.7. The molecule has 0 aromatic heterocycles. The largest absolute Gasteiger partial charge is 0.302 e. The van der Waals surface area contributed by atoms with Crippen molar-refractivity contribution in [1.29, 1.82) is 0 Å². The average molecular weight is 159 g/mol. The fourth-order valence-electron chi connectivity index (χ4n) is 1.18. The number of aldehydes is 1. The van der Waals surface area contributed by atoms with Gasteiger partial charge in [0.15, 0.2) is 0 Å². The standard InChI is InChI=1S/C7H13NOS/c1-2-8-3-4-10-6-7(8)5-9/h5,7H,2-4,6H2,1H3. The van der Waals surface area contributed by atoms with E-state index in [1.807, 2.05) is 11.8 Å². The molecule has 2 nitrogen and oxygen atoms in total. The maximum atomic E-state index is 10.5. The van der Waals surface area contributed by atoms with Crippen molar-refractivity contribution in [2.24, 2.45) is 0 Å². The minimum atomic E-state index is 0.184. The summed E-state index contributed by atoms with van der Waals surface area (Å²) in [6.07, 6.45) is 1.07. The van der Waals surface area contributed by atoms with Gasteiger partial charge in [-0.15, -0.1) is 0 Å². The molecule has 0 amide bonds. The predicted octanol–water partition coefficient (Wildman–Crippen LogP) is 0.623. The van der Waals surface area contributed by atoms with E-state index in [1.54, 1.807) is 0 Å². The highest BCUT2D eigenvalue weighted by atomic mass is 32.2. The summed E-state index contributed by atoms with van der Waals surface area (Å²) in [5.41, 5.74) is 0. The second-order valence-electron chi connectivity index (χ2n) is 2.41. The molecule has 0 aliphatic carbocycles. The highest BCUT2D eigenvalue weighted by molar-refractivity contribution is 7.99. The lowest BCUT2D eigenvalue weighted by molar-refractivity contribution is -0.111. The summed E-state index contributed by atoms with van der Waals surface area (Å²) in [5.74, 6) is 2.16. The molecule has 0 radical (unpaired) electrons. The van der Waals surface area contributed by atoms with Crippen molar-refractivity contribution in [2.45, 2.75) is 13.0 Å². The Labute approximate surface area is 66.0 Å². The predicted molar refractivity (Wildman–Crippen MR) is 44.4 cm³/mol. The number of thioether (sulfide) groups is 1. The van der Waals surface area contributed by atoms with E-state index in [9.17, 15) is 4.79 Å². The van der Waals surface area contributed by atoms with E-state index in [-0.39, 0.29) is 6.04 Å². The Hall–Kier alpha value is -0.0200. The van der Waals surface area contributed by atoms with Crippen LogP contribution in [0.3, 0.4) is 0 Å². The summed E-state index contributed by atoms with van der Waals surface area (Å²) in [7, 11) is 0. The van der Waals surface area contributed by atoms with Crippen LogP contribution in [0.5, 0.6) is 0 Å². The van der Waals surface area contributed by atoms with E-state index in [2.05, 4.69) is 11.8 Å². The molecule has 1 unspecified atom stereocenters. The molecule has 1 atom stereocenters. The molecule has 0 aromatic rings. The van der Waals surface area contributed by atoms with Crippen molar-refractivity contribution in [2.75, 3.05) is 24.6 Å². The van der Waals surface area contributed by atoms with Gasteiger partial charge in [0.2, 0.25) is 0 Å². The topological polar surface area (TPSA) is 20.3 Å². The number of likely N-dealkylation sites (N-methyl/N-ethyl adjacent to an activating group) is 1. The molecule has 0 bridgehead atoms. The summed E-state index contributed by atoms with van der Waals surface area (Å²) >= 11 is 1.87.